The molecule has 0 radical (unpaired) electrons. The van der Waals surface area contributed by atoms with Gasteiger partial charge in [-0.2, -0.15) is 0 Å². The molecule has 6 nitrogen and oxygen atoms in total. The van der Waals surface area contributed by atoms with Crippen LogP contribution in [0.2, 0.25) is 0 Å². The maximum absolute atomic E-state index is 11.4. The minimum atomic E-state index is -0.196. The summed E-state index contributed by atoms with van der Waals surface area (Å²) in [5.41, 5.74) is 7.73. The van der Waals surface area contributed by atoms with E-state index < -0.39 is 0 Å². The highest BCUT2D eigenvalue weighted by atomic mass is 16.1. The van der Waals surface area contributed by atoms with Crippen molar-refractivity contribution in [3.05, 3.63) is 48.3 Å². The number of anilines is 2. The predicted octanol–water partition coefficient (Wildman–Crippen LogP) is 1.79. The summed E-state index contributed by atoms with van der Waals surface area (Å²) in [4.78, 5) is 21.9. The Morgan fingerprint density at radius 3 is 2.70 bits per heavy atom. The lowest BCUT2D eigenvalue weighted by Gasteiger charge is -2.33. The highest BCUT2D eigenvalue weighted by Gasteiger charge is 2.23. The Hall–Kier alpha value is -2.63. The van der Waals surface area contributed by atoms with Gasteiger partial charge >= 0.3 is 0 Å². The molecule has 0 unspecified atom stereocenters. The molecule has 1 aliphatic rings. The number of nitrogens with two attached hydrogens (primary N) is 1. The number of amides is 1. The first-order chi connectivity index (χ1) is 11.2. The number of benzene rings is 1. The fourth-order valence-electron chi connectivity index (χ4n) is 2.84. The van der Waals surface area contributed by atoms with Gasteiger partial charge in [0.15, 0.2) is 0 Å². The second-order valence-corrected chi connectivity index (χ2v) is 5.78. The minimum Gasteiger partial charge on any atom is -0.371 e. The van der Waals surface area contributed by atoms with Crippen LogP contribution in [-0.2, 0) is 11.3 Å². The van der Waals surface area contributed by atoms with Gasteiger partial charge < -0.3 is 16.0 Å². The Kier molecular flexibility index (Phi) is 4.71. The summed E-state index contributed by atoms with van der Waals surface area (Å²) in [5.74, 6) is 0.385. The van der Waals surface area contributed by atoms with Crippen molar-refractivity contribution in [3.63, 3.8) is 0 Å². The number of hydrogen-bond acceptors (Lipinski definition) is 5. The van der Waals surface area contributed by atoms with E-state index in [1.54, 1.807) is 18.5 Å². The molecular formula is C17H21N5O. The molecule has 0 spiro atoms. The van der Waals surface area contributed by atoms with E-state index in [0.29, 0.717) is 19.0 Å². The van der Waals surface area contributed by atoms with Crippen molar-refractivity contribution in [2.45, 2.75) is 19.4 Å². The number of piperidine rings is 1. The number of primary amides is 1. The molecule has 6 heteroatoms. The van der Waals surface area contributed by atoms with Crippen molar-refractivity contribution >= 4 is 17.5 Å². The molecule has 0 saturated carbocycles. The number of hydrogen-bond donors (Lipinski definition) is 2. The van der Waals surface area contributed by atoms with Crippen LogP contribution >= 0.6 is 0 Å². The molecule has 2 aromatic rings. The second-order valence-electron chi connectivity index (χ2n) is 5.78. The standard InChI is InChI=1S/C17H21N5O/c18-16(23)14-3-1-10-22(12-14)15-6-4-13(5-7-15)11-21-17-19-8-2-9-20-17/h2,4-9,14H,1,3,10-12H2,(H2,18,23)(H,19,20,21)/t14-/m0/s1. The van der Waals surface area contributed by atoms with Crippen molar-refractivity contribution in [2.75, 3.05) is 23.3 Å². The Bertz CT molecular complexity index is 644. The number of nitrogens with zero attached hydrogens (tertiary/aromatic N) is 3. The van der Waals surface area contributed by atoms with Crippen molar-refractivity contribution < 1.29 is 4.79 Å². The van der Waals surface area contributed by atoms with Gasteiger partial charge in [0.1, 0.15) is 0 Å². The van der Waals surface area contributed by atoms with E-state index in [1.807, 2.05) is 0 Å². The van der Waals surface area contributed by atoms with Crippen LogP contribution < -0.4 is 16.0 Å². The first-order valence-corrected chi connectivity index (χ1v) is 7.86. The number of carbonyl (C=O) groups excluding carboxylic acids is 1. The van der Waals surface area contributed by atoms with Crippen LogP contribution in [0.3, 0.4) is 0 Å². The van der Waals surface area contributed by atoms with Gasteiger partial charge in [0.05, 0.1) is 5.92 Å². The van der Waals surface area contributed by atoms with Crippen LogP contribution in [0, 0.1) is 5.92 Å². The van der Waals surface area contributed by atoms with Crippen LogP contribution in [0.15, 0.2) is 42.7 Å². The van der Waals surface area contributed by atoms with Crippen molar-refractivity contribution in [1.82, 2.24) is 9.97 Å². The van der Waals surface area contributed by atoms with Crippen molar-refractivity contribution in [2.24, 2.45) is 11.7 Å². The van der Waals surface area contributed by atoms with Gasteiger partial charge in [-0.25, -0.2) is 9.97 Å². The highest BCUT2D eigenvalue weighted by molar-refractivity contribution is 5.77. The van der Waals surface area contributed by atoms with Crippen LogP contribution in [0.25, 0.3) is 0 Å². The van der Waals surface area contributed by atoms with Gasteiger partial charge in [-0.15, -0.1) is 0 Å². The largest absolute Gasteiger partial charge is 0.371 e. The molecule has 120 valence electrons. The highest BCUT2D eigenvalue weighted by Crippen LogP contribution is 2.23. The lowest BCUT2D eigenvalue weighted by Crippen LogP contribution is -2.41. The summed E-state index contributed by atoms with van der Waals surface area (Å²) in [5, 5.41) is 3.18. The average Bonchev–Trinajstić information content (AvgIpc) is 2.61. The fourth-order valence-corrected chi connectivity index (χ4v) is 2.84. The molecule has 1 fully saturated rings. The van der Waals surface area contributed by atoms with E-state index in [4.69, 9.17) is 5.73 Å². The van der Waals surface area contributed by atoms with Gasteiger partial charge in [0, 0.05) is 37.7 Å². The SMILES string of the molecule is NC(=O)[C@H]1CCCN(c2ccc(CNc3ncccn3)cc2)C1. The van der Waals surface area contributed by atoms with E-state index >= 15 is 0 Å². The van der Waals surface area contributed by atoms with Gasteiger partial charge in [-0.3, -0.25) is 4.79 Å². The molecule has 1 amide bonds. The molecule has 0 bridgehead atoms. The number of aromatic nitrogens is 2. The zero-order valence-electron chi connectivity index (χ0n) is 13.0. The molecule has 3 rings (SSSR count). The van der Waals surface area contributed by atoms with Crippen LogP contribution in [0.1, 0.15) is 18.4 Å². The molecule has 1 aromatic carbocycles. The number of carbonyl (C=O) groups is 1. The maximum atomic E-state index is 11.4. The molecule has 1 aromatic heterocycles. The summed E-state index contributed by atoms with van der Waals surface area (Å²) >= 11 is 0. The Morgan fingerprint density at radius 1 is 1.26 bits per heavy atom. The summed E-state index contributed by atoms with van der Waals surface area (Å²) in [7, 11) is 0. The summed E-state index contributed by atoms with van der Waals surface area (Å²) in [6, 6.07) is 10.1. The van der Waals surface area contributed by atoms with E-state index in [2.05, 4.69) is 44.5 Å². The van der Waals surface area contributed by atoms with E-state index in [-0.39, 0.29) is 11.8 Å². The lowest BCUT2D eigenvalue weighted by atomic mass is 9.97. The average molecular weight is 311 g/mol. The molecule has 1 saturated heterocycles. The third kappa shape index (κ3) is 3.97. The Morgan fingerprint density at radius 2 is 2.00 bits per heavy atom. The Labute approximate surface area is 135 Å². The van der Waals surface area contributed by atoms with E-state index in [1.165, 1.54) is 0 Å². The second kappa shape index (κ2) is 7.09. The summed E-state index contributed by atoms with van der Waals surface area (Å²) in [6.45, 7) is 2.36. The van der Waals surface area contributed by atoms with E-state index in [0.717, 1.165) is 30.6 Å². The first kappa shape index (κ1) is 15.3. The zero-order valence-corrected chi connectivity index (χ0v) is 13.0. The maximum Gasteiger partial charge on any atom is 0.222 e. The number of rotatable bonds is 5. The molecule has 1 atom stereocenters. The van der Waals surface area contributed by atoms with Crippen LogP contribution in [0.4, 0.5) is 11.6 Å². The molecule has 3 N–H and O–H groups in total. The van der Waals surface area contributed by atoms with Crippen molar-refractivity contribution in [3.8, 4) is 0 Å². The third-order valence-electron chi connectivity index (χ3n) is 4.14. The number of nitrogens with one attached hydrogen (secondary N) is 1. The Balaban J connectivity index is 1.59. The third-order valence-corrected chi connectivity index (χ3v) is 4.14. The molecule has 0 aliphatic carbocycles. The van der Waals surface area contributed by atoms with Gasteiger partial charge in [-0.05, 0) is 36.6 Å². The molecule has 2 heterocycles. The predicted molar refractivity (Wildman–Crippen MR) is 89.9 cm³/mol. The topological polar surface area (TPSA) is 84.1 Å². The quantitative estimate of drug-likeness (QED) is 0.879. The normalized spacial score (nSPS) is 17.7. The summed E-state index contributed by atoms with van der Waals surface area (Å²) < 4.78 is 0. The lowest BCUT2D eigenvalue weighted by molar-refractivity contribution is -0.122. The smallest absolute Gasteiger partial charge is 0.222 e. The molecule has 23 heavy (non-hydrogen) atoms. The molecule has 1 aliphatic heterocycles. The van der Waals surface area contributed by atoms with Crippen molar-refractivity contribution in [1.29, 1.82) is 0 Å². The molecular weight excluding hydrogens is 290 g/mol. The monoisotopic (exact) mass is 311 g/mol. The first-order valence-electron chi connectivity index (χ1n) is 7.86. The minimum absolute atomic E-state index is 0.0414. The van der Waals surface area contributed by atoms with Gasteiger partial charge in [0.25, 0.3) is 0 Å². The van der Waals surface area contributed by atoms with Crippen LogP contribution in [0.5, 0.6) is 0 Å². The van der Waals surface area contributed by atoms with Gasteiger partial charge in [-0.1, -0.05) is 12.1 Å². The van der Waals surface area contributed by atoms with Crippen LogP contribution in [-0.4, -0.2) is 29.0 Å². The zero-order chi connectivity index (χ0) is 16.1. The van der Waals surface area contributed by atoms with Gasteiger partial charge in [0.2, 0.25) is 11.9 Å². The fraction of sp³-hybridized carbons (Fsp3) is 0.353. The summed E-state index contributed by atoms with van der Waals surface area (Å²) in [6.07, 6.45) is 5.32. The van der Waals surface area contributed by atoms with E-state index in [9.17, 15) is 4.79 Å².